The Labute approximate surface area is 100 Å². The van der Waals surface area contributed by atoms with Gasteiger partial charge in [-0.25, -0.2) is 8.42 Å². The predicted octanol–water partition coefficient (Wildman–Crippen LogP) is -1.09. The van der Waals surface area contributed by atoms with Crippen LogP contribution in [0.5, 0.6) is 0 Å². The van der Waals surface area contributed by atoms with Crippen molar-refractivity contribution in [3.05, 3.63) is 0 Å². The summed E-state index contributed by atoms with van der Waals surface area (Å²) in [5.74, 6) is -0.160. The maximum Gasteiger partial charge on any atom is 0.246 e. The lowest BCUT2D eigenvalue weighted by Crippen LogP contribution is -2.54. The summed E-state index contributed by atoms with van der Waals surface area (Å²) < 4.78 is 22.6. The first kappa shape index (κ1) is 12.5. The van der Waals surface area contributed by atoms with Crippen LogP contribution >= 0.6 is 0 Å². The van der Waals surface area contributed by atoms with Crippen LogP contribution in [-0.4, -0.2) is 55.8 Å². The van der Waals surface area contributed by atoms with E-state index in [4.69, 9.17) is 0 Å². The second-order valence-corrected chi connectivity index (χ2v) is 6.88. The normalized spacial score (nSPS) is 33.1. The Morgan fingerprint density at radius 1 is 1.29 bits per heavy atom. The van der Waals surface area contributed by atoms with Crippen molar-refractivity contribution >= 4 is 21.7 Å². The van der Waals surface area contributed by atoms with E-state index in [1.54, 1.807) is 0 Å². The molecule has 6 nitrogen and oxygen atoms in total. The molecule has 2 aliphatic heterocycles. The molecule has 0 radical (unpaired) electrons. The first-order chi connectivity index (χ1) is 7.89. The summed E-state index contributed by atoms with van der Waals surface area (Å²) in [7, 11) is -1.48. The van der Waals surface area contributed by atoms with Crippen LogP contribution in [0.4, 0.5) is 0 Å². The molecule has 0 bridgehead atoms. The molecule has 1 N–H and O–H groups in total. The van der Waals surface area contributed by atoms with Crippen molar-refractivity contribution in [3.63, 3.8) is 0 Å². The van der Waals surface area contributed by atoms with Crippen LogP contribution in [0.3, 0.4) is 0 Å². The zero-order chi connectivity index (χ0) is 12.6. The summed E-state index contributed by atoms with van der Waals surface area (Å²) in [6, 6.07) is -0.577. The molecule has 0 aromatic rings. The van der Waals surface area contributed by atoms with Gasteiger partial charge in [0.25, 0.3) is 0 Å². The van der Waals surface area contributed by atoms with Crippen LogP contribution in [0.25, 0.3) is 0 Å². The van der Waals surface area contributed by atoms with Gasteiger partial charge in [0.2, 0.25) is 11.8 Å². The summed E-state index contributed by atoms with van der Waals surface area (Å²) >= 11 is 0. The molecule has 0 aliphatic carbocycles. The largest absolute Gasteiger partial charge is 0.302 e. The number of carbonyl (C=O) groups excluding carboxylic acids is 2. The van der Waals surface area contributed by atoms with E-state index in [2.05, 4.69) is 5.32 Å². The van der Waals surface area contributed by atoms with E-state index >= 15 is 0 Å². The highest BCUT2D eigenvalue weighted by molar-refractivity contribution is 7.91. The number of rotatable bonds is 2. The predicted molar refractivity (Wildman–Crippen MR) is 61.0 cm³/mol. The number of likely N-dealkylation sites (N-methyl/N-ethyl adjacent to an activating group) is 1. The third-order valence-corrected chi connectivity index (χ3v) is 5.09. The zero-order valence-electron chi connectivity index (χ0n) is 9.68. The molecule has 2 rings (SSSR count). The van der Waals surface area contributed by atoms with Crippen LogP contribution in [0.15, 0.2) is 0 Å². The molecule has 2 aliphatic rings. The molecular weight excluding hydrogens is 244 g/mol. The Hall–Kier alpha value is -0.950. The fourth-order valence-corrected chi connectivity index (χ4v) is 3.97. The highest BCUT2D eigenvalue weighted by Gasteiger charge is 2.36. The van der Waals surface area contributed by atoms with Crippen LogP contribution < -0.4 is 5.32 Å². The van der Waals surface area contributed by atoms with Crippen LogP contribution in [0.2, 0.25) is 0 Å². The van der Waals surface area contributed by atoms with E-state index in [1.165, 1.54) is 7.05 Å². The number of carbonyl (C=O) groups is 2. The Balaban J connectivity index is 1.96. The fourth-order valence-electron chi connectivity index (χ4n) is 2.28. The number of imide groups is 1. The summed E-state index contributed by atoms with van der Waals surface area (Å²) in [6.07, 6.45) is 1.34. The third-order valence-electron chi connectivity index (χ3n) is 3.32. The first-order valence-electron chi connectivity index (χ1n) is 5.66. The lowest BCUT2D eigenvalue weighted by atomic mass is 10.0. The lowest BCUT2D eigenvalue weighted by Gasteiger charge is -2.29. The number of likely N-dealkylation sites (tertiary alicyclic amines) is 1. The molecule has 0 saturated carbocycles. The summed E-state index contributed by atoms with van der Waals surface area (Å²) in [5.41, 5.74) is 0. The average Bonchev–Trinajstić information content (AvgIpc) is 2.59. The van der Waals surface area contributed by atoms with Crippen molar-refractivity contribution in [1.29, 1.82) is 0 Å². The Kier molecular flexibility index (Phi) is 3.22. The monoisotopic (exact) mass is 260 g/mol. The van der Waals surface area contributed by atoms with Gasteiger partial charge in [-0.05, 0) is 12.8 Å². The molecule has 7 heteroatoms. The molecule has 2 unspecified atom stereocenters. The maximum atomic E-state index is 11.8. The van der Waals surface area contributed by atoms with Crippen LogP contribution in [0, 0.1) is 0 Å². The molecule has 2 saturated heterocycles. The number of amides is 2. The summed E-state index contributed by atoms with van der Waals surface area (Å²) in [5, 5.41) is 3.05. The molecule has 17 heavy (non-hydrogen) atoms. The van der Waals surface area contributed by atoms with Gasteiger partial charge in [0.15, 0.2) is 9.84 Å². The van der Waals surface area contributed by atoms with E-state index in [0.29, 0.717) is 19.3 Å². The highest BCUT2D eigenvalue weighted by Crippen LogP contribution is 2.16. The second kappa shape index (κ2) is 4.38. The average molecular weight is 260 g/mol. The van der Waals surface area contributed by atoms with Gasteiger partial charge >= 0.3 is 0 Å². The van der Waals surface area contributed by atoms with E-state index < -0.39 is 15.9 Å². The zero-order valence-corrected chi connectivity index (χ0v) is 10.5. The molecule has 2 fully saturated rings. The molecule has 2 heterocycles. The van der Waals surface area contributed by atoms with Gasteiger partial charge in [-0.3, -0.25) is 14.5 Å². The van der Waals surface area contributed by atoms with Gasteiger partial charge in [0, 0.05) is 19.5 Å². The van der Waals surface area contributed by atoms with Crippen molar-refractivity contribution in [2.45, 2.75) is 31.3 Å². The molecular formula is C10H16N2O4S. The Bertz CT molecular complexity index is 445. The number of sulfone groups is 1. The van der Waals surface area contributed by atoms with E-state index in [1.807, 2.05) is 0 Å². The molecule has 0 spiro atoms. The van der Waals surface area contributed by atoms with Gasteiger partial charge in [-0.2, -0.15) is 0 Å². The van der Waals surface area contributed by atoms with E-state index in [0.717, 1.165) is 4.90 Å². The SMILES string of the molecule is CN1C(=O)CCC(NC2CCS(=O)(=O)C2)C1=O. The minimum absolute atomic E-state index is 0.0917. The molecule has 0 aromatic carbocycles. The quantitative estimate of drug-likeness (QED) is 0.638. The third kappa shape index (κ3) is 2.66. The second-order valence-electron chi connectivity index (χ2n) is 4.65. The van der Waals surface area contributed by atoms with E-state index in [-0.39, 0.29) is 29.4 Å². The van der Waals surface area contributed by atoms with Crippen molar-refractivity contribution in [2.24, 2.45) is 0 Å². The fraction of sp³-hybridized carbons (Fsp3) is 0.800. The topological polar surface area (TPSA) is 83.6 Å². The van der Waals surface area contributed by atoms with Gasteiger partial charge in [0.05, 0.1) is 17.5 Å². The first-order valence-corrected chi connectivity index (χ1v) is 7.48. The minimum Gasteiger partial charge on any atom is -0.302 e. The van der Waals surface area contributed by atoms with Crippen LogP contribution in [0.1, 0.15) is 19.3 Å². The summed E-state index contributed by atoms with van der Waals surface area (Å²) in [4.78, 5) is 24.2. The standard InChI is InChI=1S/C10H16N2O4S/c1-12-9(13)3-2-8(10(12)14)11-7-4-5-17(15,16)6-7/h7-8,11H,2-6H2,1H3. The Morgan fingerprint density at radius 2 is 2.00 bits per heavy atom. The maximum absolute atomic E-state index is 11.8. The van der Waals surface area contributed by atoms with E-state index in [9.17, 15) is 18.0 Å². The van der Waals surface area contributed by atoms with Gasteiger partial charge in [-0.1, -0.05) is 0 Å². The van der Waals surface area contributed by atoms with Crippen molar-refractivity contribution in [3.8, 4) is 0 Å². The molecule has 96 valence electrons. The number of nitrogens with one attached hydrogen (secondary N) is 1. The lowest BCUT2D eigenvalue weighted by molar-refractivity contribution is -0.148. The van der Waals surface area contributed by atoms with Crippen molar-refractivity contribution < 1.29 is 18.0 Å². The minimum atomic E-state index is -2.94. The molecule has 2 amide bonds. The van der Waals surface area contributed by atoms with Crippen LogP contribution in [-0.2, 0) is 19.4 Å². The highest BCUT2D eigenvalue weighted by atomic mass is 32.2. The Morgan fingerprint density at radius 3 is 2.59 bits per heavy atom. The molecule has 0 aromatic heterocycles. The molecule has 2 atom stereocenters. The van der Waals surface area contributed by atoms with Gasteiger partial charge in [0.1, 0.15) is 0 Å². The smallest absolute Gasteiger partial charge is 0.246 e. The van der Waals surface area contributed by atoms with Gasteiger partial charge < -0.3 is 5.32 Å². The number of hydrogen-bond acceptors (Lipinski definition) is 5. The number of hydrogen-bond donors (Lipinski definition) is 1. The van der Waals surface area contributed by atoms with Gasteiger partial charge in [-0.15, -0.1) is 0 Å². The van der Waals surface area contributed by atoms with Crippen molar-refractivity contribution in [2.75, 3.05) is 18.6 Å². The van der Waals surface area contributed by atoms with Crippen molar-refractivity contribution in [1.82, 2.24) is 10.2 Å². The summed E-state index contributed by atoms with van der Waals surface area (Å²) in [6.45, 7) is 0. The number of nitrogens with zero attached hydrogens (tertiary/aromatic N) is 1. The number of piperidine rings is 1.